The summed E-state index contributed by atoms with van der Waals surface area (Å²) in [6, 6.07) is 4.47. The zero-order chi connectivity index (χ0) is 11.3. The molecule has 0 atom stereocenters. The Hall–Kier alpha value is -1.02. The Labute approximate surface area is 93.1 Å². The maximum atomic E-state index is 3.45. The van der Waals surface area contributed by atoms with Crippen LogP contribution in [0.15, 0.2) is 12.1 Å². The lowest BCUT2D eigenvalue weighted by Crippen LogP contribution is -2.21. The third-order valence-electron chi connectivity index (χ3n) is 2.71. The number of hydrogen-bond acceptors (Lipinski definition) is 2. The Kier molecular flexibility index (Phi) is 4.63. The van der Waals surface area contributed by atoms with E-state index in [2.05, 4.69) is 50.5 Å². The van der Waals surface area contributed by atoms with Crippen LogP contribution in [0.5, 0.6) is 0 Å². The Morgan fingerprint density at radius 2 is 1.60 bits per heavy atom. The summed E-state index contributed by atoms with van der Waals surface area (Å²) in [6.07, 6.45) is 0. The summed E-state index contributed by atoms with van der Waals surface area (Å²) in [5, 5.41) is 6.75. The average molecular weight is 206 g/mol. The molecular weight excluding hydrogens is 184 g/mol. The molecule has 0 amide bonds. The number of anilines is 1. The second-order valence-corrected chi connectivity index (χ2v) is 4.03. The van der Waals surface area contributed by atoms with Crippen LogP contribution in [0.4, 0.5) is 5.69 Å². The van der Waals surface area contributed by atoms with E-state index in [1.807, 2.05) is 0 Å². The Morgan fingerprint density at radius 3 is 2.27 bits per heavy atom. The standard InChI is InChI=1S/C13H22N2/c1-5-14-6-7-15-13-9-11(3)10(2)8-12(13)4/h8-9,14-15H,5-7H2,1-4H3. The van der Waals surface area contributed by atoms with E-state index in [0.29, 0.717) is 0 Å². The molecule has 1 aromatic rings. The summed E-state index contributed by atoms with van der Waals surface area (Å²) in [5.41, 5.74) is 5.31. The Bertz CT molecular complexity index is 319. The van der Waals surface area contributed by atoms with E-state index < -0.39 is 0 Å². The molecule has 2 N–H and O–H groups in total. The van der Waals surface area contributed by atoms with Gasteiger partial charge >= 0.3 is 0 Å². The van der Waals surface area contributed by atoms with E-state index in [1.165, 1.54) is 22.4 Å². The summed E-state index contributed by atoms with van der Waals surface area (Å²) >= 11 is 0. The summed E-state index contributed by atoms with van der Waals surface area (Å²) in [6.45, 7) is 11.6. The van der Waals surface area contributed by atoms with Crippen molar-refractivity contribution in [2.75, 3.05) is 25.0 Å². The van der Waals surface area contributed by atoms with Crippen molar-refractivity contribution in [1.82, 2.24) is 5.32 Å². The van der Waals surface area contributed by atoms with E-state index in [0.717, 1.165) is 19.6 Å². The highest BCUT2D eigenvalue weighted by molar-refractivity contribution is 5.54. The van der Waals surface area contributed by atoms with Crippen molar-refractivity contribution >= 4 is 5.69 Å². The van der Waals surface area contributed by atoms with E-state index in [1.54, 1.807) is 0 Å². The molecule has 1 aromatic carbocycles. The third-order valence-corrected chi connectivity index (χ3v) is 2.71. The van der Waals surface area contributed by atoms with Gasteiger partial charge in [0.05, 0.1) is 0 Å². The van der Waals surface area contributed by atoms with Crippen molar-refractivity contribution in [3.63, 3.8) is 0 Å². The monoisotopic (exact) mass is 206 g/mol. The number of likely N-dealkylation sites (N-methyl/N-ethyl adjacent to an activating group) is 1. The van der Waals surface area contributed by atoms with Crippen LogP contribution in [0.3, 0.4) is 0 Å². The fourth-order valence-corrected chi connectivity index (χ4v) is 1.61. The minimum Gasteiger partial charge on any atom is -0.384 e. The molecule has 0 spiro atoms. The van der Waals surface area contributed by atoms with Crippen molar-refractivity contribution in [2.24, 2.45) is 0 Å². The molecule has 0 bridgehead atoms. The molecule has 84 valence electrons. The molecule has 0 aromatic heterocycles. The second kappa shape index (κ2) is 5.76. The van der Waals surface area contributed by atoms with Gasteiger partial charge in [0.25, 0.3) is 0 Å². The van der Waals surface area contributed by atoms with Crippen LogP contribution in [0.2, 0.25) is 0 Å². The molecule has 0 aliphatic rings. The summed E-state index contributed by atoms with van der Waals surface area (Å²) in [4.78, 5) is 0. The SMILES string of the molecule is CCNCCNc1cc(C)c(C)cc1C. The molecule has 15 heavy (non-hydrogen) atoms. The van der Waals surface area contributed by atoms with Crippen LogP contribution in [-0.4, -0.2) is 19.6 Å². The average Bonchev–Trinajstić information content (AvgIpc) is 2.20. The second-order valence-electron chi connectivity index (χ2n) is 4.03. The van der Waals surface area contributed by atoms with Gasteiger partial charge in [-0.3, -0.25) is 0 Å². The maximum Gasteiger partial charge on any atom is 0.0373 e. The van der Waals surface area contributed by atoms with Crippen LogP contribution in [0, 0.1) is 20.8 Å². The topological polar surface area (TPSA) is 24.1 Å². The van der Waals surface area contributed by atoms with Crippen LogP contribution in [-0.2, 0) is 0 Å². The summed E-state index contributed by atoms with van der Waals surface area (Å²) < 4.78 is 0. The van der Waals surface area contributed by atoms with Crippen LogP contribution in [0.25, 0.3) is 0 Å². The number of aryl methyl sites for hydroxylation is 3. The first kappa shape index (κ1) is 12.1. The molecule has 2 heteroatoms. The van der Waals surface area contributed by atoms with Gasteiger partial charge in [-0.25, -0.2) is 0 Å². The van der Waals surface area contributed by atoms with Crippen LogP contribution >= 0.6 is 0 Å². The molecule has 1 rings (SSSR count). The van der Waals surface area contributed by atoms with Gasteiger partial charge in [-0.1, -0.05) is 13.0 Å². The van der Waals surface area contributed by atoms with Gasteiger partial charge in [0.1, 0.15) is 0 Å². The zero-order valence-corrected chi connectivity index (χ0v) is 10.3. The number of rotatable bonds is 5. The van der Waals surface area contributed by atoms with E-state index in [4.69, 9.17) is 0 Å². The molecular formula is C13H22N2. The lowest BCUT2D eigenvalue weighted by atomic mass is 10.1. The minimum absolute atomic E-state index is 0.983. The molecule has 0 heterocycles. The van der Waals surface area contributed by atoms with Gasteiger partial charge in [0, 0.05) is 18.8 Å². The molecule has 0 saturated carbocycles. The maximum absolute atomic E-state index is 3.45. The highest BCUT2D eigenvalue weighted by Crippen LogP contribution is 2.19. The smallest absolute Gasteiger partial charge is 0.0373 e. The normalized spacial score (nSPS) is 10.4. The molecule has 0 unspecified atom stereocenters. The van der Waals surface area contributed by atoms with Crippen LogP contribution in [0.1, 0.15) is 23.6 Å². The first-order valence-corrected chi connectivity index (χ1v) is 5.67. The summed E-state index contributed by atoms with van der Waals surface area (Å²) in [5.74, 6) is 0. The van der Waals surface area contributed by atoms with Crippen molar-refractivity contribution in [2.45, 2.75) is 27.7 Å². The zero-order valence-electron chi connectivity index (χ0n) is 10.3. The lowest BCUT2D eigenvalue weighted by molar-refractivity contribution is 0.739. The molecule has 0 radical (unpaired) electrons. The third kappa shape index (κ3) is 3.56. The van der Waals surface area contributed by atoms with Crippen molar-refractivity contribution in [3.8, 4) is 0 Å². The minimum atomic E-state index is 0.983. The van der Waals surface area contributed by atoms with Crippen molar-refractivity contribution in [1.29, 1.82) is 0 Å². The van der Waals surface area contributed by atoms with Gasteiger partial charge < -0.3 is 10.6 Å². The largest absolute Gasteiger partial charge is 0.384 e. The van der Waals surface area contributed by atoms with E-state index in [9.17, 15) is 0 Å². The highest BCUT2D eigenvalue weighted by atomic mass is 14.9. The van der Waals surface area contributed by atoms with Crippen molar-refractivity contribution in [3.05, 3.63) is 28.8 Å². The highest BCUT2D eigenvalue weighted by Gasteiger charge is 2.00. The van der Waals surface area contributed by atoms with Crippen LogP contribution < -0.4 is 10.6 Å². The molecule has 0 saturated heterocycles. The Morgan fingerprint density at radius 1 is 0.933 bits per heavy atom. The number of hydrogen-bond donors (Lipinski definition) is 2. The number of benzene rings is 1. The molecule has 0 fully saturated rings. The van der Waals surface area contributed by atoms with Gasteiger partial charge in [-0.15, -0.1) is 0 Å². The van der Waals surface area contributed by atoms with Crippen molar-refractivity contribution < 1.29 is 0 Å². The van der Waals surface area contributed by atoms with E-state index in [-0.39, 0.29) is 0 Å². The molecule has 0 aliphatic carbocycles. The fraction of sp³-hybridized carbons (Fsp3) is 0.538. The lowest BCUT2D eigenvalue weighted by Gasteiger charge is -2.12. The fourth-order valence-electron chi connectivity index (χ4n) is 1.61. The summed E-state index contributed by atoms with van der Waals surface area (Å²) in [7, 11) is 0. The predicted molar refractivity (Wildman–Crippen MR) is 67.7 cm³/mol. The van der Waals surface area contributed by atoms with E-state index >= 15 is 0 Å². The van der Waals surface area contributed by atoms with Gasteiger partial charge in [-0.2, -0.15) is 0 Å². The molecule has 2 nitrogen and oxygen atoms in total. The predicted octanol–water partition coefficient (Wildman–Crippen LogP) is 2.63. The van der Waals surface area contributed by atoms with Gasteiger partial charge in [0.15, 0.2) is 0 Å². The first-order chi connectivity index (χ1) is 7.15. The Balaban J connectivity index is 2.57. The molecule has 0 aliphatic heterocycles. The first-order valence-electron chi connectivity index (χ1n) is 5.67. The van der Waals surface area contributed by atoms with Gasteiger partial charge in [-0.05, 0) is 50.1 Å². The number of nitrogens with one attached hydrogen (secondary N) is 2. The van der Waals surface area contributed by atoms with Gasteiger partial charge in [0.2, 0.25) is 0 Å². The quantitative estimate of drug-likeness (QED) is 0.724.